The molecule has 0 aromatic carbocycles. The number of hydrogen-bond acceptors (Lipinski definition) is 3. The number of aromatic nitrogens is 2. The van der Waals surface area contributed by atoms with Crippen molar-refractivity contribution in [1.29, 1.82) is 0 Å². The molecule has 0 aliphatic carbocycles. The molecule has 3 N–H and O–H groups in total. The number of aliphatic hydroxyl groups excluding tert-OH is 1. The van der Waals surface area contributed by atoms with E-state index in [2.05, 4.69) is 15.5 Å². The highest BCUT2D eigenvalue weighted by molar-refractivity contribution is 5.79. The van der Waals surface area contributed by atoms with Gasteiger partial charge in [0.25, 0.3) is 5.92 Å². The van der Waals surface area contributed by atoms with Crippen molar-refractivity contribution < 1.29 is 18.7 Å². The molecule has 17 heavy (non-hydrogen) atoms. The van der Waals surface area contributed by atoms with Crippen LogP contribution in [-0.2, 0) is 11.2 Å². The van der Waals surface area contributed by atoms with Gasteiger partial charge in [-0.2, -0.15) is 5.10 Å². The maximum absolute atomic E-state index is 12.7. The third-order valence-corrected chi connectivity index (χ3v) is 2.39. The van der Waals surface area contributed by atoms with Crippen molar-refractivity contribution in [3.05, 3.63) is 17.0 Å². The average Bonchev–Trinajstić information content (AvgIpc) is 2.58. The minimum atomic E-state index is -3.28. The molecule has 0 atom stereocenters. The van der Waals surface area contributed by atoms with Gasteiger partial charge in [-0.3, -0.25) is 9.89 Å². The Hall–Kier alpha value is -1.50. The molecule has 96 valence electrons. The maximum Gasteiger partial charge on any atom is 0.287 e. The first-order chi connectivity index (χ1) is 7.85. The Morgan fingerprint density at radius 3 is 2.65 bits per heavy atom. The second-order valence-electron chi connectivity index (χ2n) is 3.88. The lowest BCUT2D eigenvalue weighted by molar-refractivity contribution is -0.123. The number of hydrogen-bond donors (Lipinski definition) is 3. The Morgan fingerprint density at radius 1 is 1.53 bits per heavy atom. The molecule has 1 amide bonds. The van der Waals surface area contributed by atoms with Crippen molar-refractivity contribution in [1.82, 2.24) is 15.5 Å². The molecule has 0 bridgehead atoms. The molecule has 0 saturated heterocycles. The van der Waals surface area contributed by atoms with Crippen molar-refractivity contribution in [2.24, 2.45) is 0 Å². The third-order valence-electron chi connectivity index (χ3n) is 2.39. The molecule has 5 nitrogen and oxygen atoms in total. The number of nitrogens with one attached hydrogen (secondary N) is 2. The van der Waals surface area contributed by atoms with E-state index in [1.54, 1.807) is 13.8 Å². The fourth-order valence-electron chi connectivity index (χ4n) is 1.34. The molecule has 0 aliphatic heterocycles. The minimum Gasteiger partial charge on any atom is -0.390 e. The monoisotopic (exact) mass is 247 g/mol. The zero-order valence-corrected chi connectivity index (χ0v) is 9.68. The van der Waals surface area contributed by atoms with Gasteiger partial charge in [0.2, 0.25) is 5.91 Å². The second-order valence-corrected chi connectivity index (χ2v) is 3.88. The van der Waals surface area contributed by atoms with E-state index >= 15 is 0 Å². The highest BCUT2D eigenvalue weighted by Gasteiger charge is 2.28. The number of aromatic amines is 1. The zero-order chi connectivity index (χ0) is 13.1. The highest BCUT2D eigenvalue weighted by atomic mass is 19.3. The molecule has 0 radical (unpaired) electrons. The molecule has 0 spiro atoms. The Kier molecular flexibility index (Phi) is 4.17. The fraction of sp³-hybridized carbons (Fsp3) is 0.600. The number of aliphatic hydroxyl groups is 1. The van der Waals surface area contributed by atoms with Gasteiger partial charge < -0.3 is 10.4 Å². The van der Waals surface area contributed by atoms with Gasteiger partial charge in [0.05, 0.1) is 18.7 Å². The summed E-state index contributed by atoms with van der Waals surface area (Å²) in [5.74, 6) is -3.80. The molecule has 0 fully saturated rings. The van der Waals surface area contributed by atoms with Gasteiger partial charge in [0.1, 0.15) is 6.61 Å². The molecule has 0 saturated carbocycles. The van der Waals surface area contributed by atoms with E-state index in [9.17, 15) is 13.6 Å². The van der Waals surface area contributed by atoms with Crippen LogP contribution >= 0.6 is 0 Å². The SMILES string of the molecule is Cc1n[nH]c(C)c1CC(=O)NCC(F)(F)CO. The zero-order valence-electron chi connectivity index (χ0n) is 9.68. The molecule has 1 aromatic rings. The van der Waals surface area contributed by atoms with E-state index in [4.69, 9.17) is 5.11 Å². The van der Waals surface area contributed by atoms with Crippen molar-refractivity contribution in [2.45, 2.75) is 26.2 Å². The number of carbonyl (C=O) groups excluding carboxylic acids is 1. The lowest BCUT2D eigenvalue weighted by atomic mass is 10.1. The Balaban J connectivity index is 2.51. The van der Waals surface area contributed by atoms with Crippen molar-refractivity contribution in [3.63, 3.8) is 0 Å². The standard InChI is InChI=1S/C10H15F2N3O2/c1-6-8(7(2)15-14-6)3-9(17)13-4-10(11,12)5-16/h16H,3-5H2,1-2H3,(H,13,17)(H,14,15). The minimum absolute atomic E-state index is 0.00429. The van der Waals surface area contributed by atoms with Gasteiger partial charge in [-0.05, 0) is 13.8 Å². The van der Waals surface area contributed by atoms with Crippen LogP contribution in [-0.4, -0.2) is 40.3 Å². The summed E-state index contributed by atoms with van der Waals surface area (Å²) in [6.07, 6.45) is -0.00429. The summed E-state index contributed by atoms with van der Waals surface area (Å²) in [5, 5.41) is 17.0. The Labute approximate surface area is 97.2 Å². The normalized spacial score (nSPS) is 11.6. The van der Waals surface area contributed by atoms with Crippen LogP contribution in [0.25, 0.3) is 0 Å². The summed E-state index contributed by atoms with van der Waals surface area (Å²) in [6.45, 7) is 1.34. The van der Waals surface area contributed by atoms with Gasteiger partial charge >= 0.3 is 0 Å². The summed E-state index contributed by atoms with van der Waals surface area (Å²) in [5.41, 5.74) is 2.12. The van der Waals surface area contributed by atoms with E-state index in [1.165, 1.54) is 0 Å². The number of nitrogens with zero attached hydrogens (tertiary/aromatic N) is 1. The molecule has 0 unspecified atom stereocenters. The van der Waals surface area contributed by atoms with Gasteiger partial charge in [-0.15, -0.1) is 0 Å². The summed E-state index contributed by atoms with van der Waals surface area (Å²) < 4.78 is 25.3. The van der Waals surface area contributed by atoms with Crippen LogP contribution in [0, 0.1) is 13.8 Å². The van der Waals surface area contributed by atoms with E-state index in [0.29, 0.717) is 11.3 Å². The molecule has 1 heterocycles. The lowest BCUT2D eigenvalue weighted by Gasteiger charge is -2.13. The predicted molar refractivity (Wildman–Crippen MR) is 56.8 cm³/mol. The van der Waals surface area contributed by atoms with Crippen molar-refractivity contribution >= 4 is 5.91 Å². The number of halogens is 2. The second kappa shape index (κ2) is 5.22. The van der Waals surface area contributed by atoms with Crippen LogP contribution in [0.1, 0.15) is 17.0 Å². The van der Waals surface area contributed by atoms with Gasteiger partial charge in [-0.25, -0.2) is 8.78 Å². The van der Waals surface area contributed by atoms with E-state index in [1.807, 2.05) is 0 Å². The highest BCUT2D eigenvalue weighted by Crippen LogP contribution is 2.12. The van der Waals surface area contributed by atoms with Crippen LogP contribution in [0.2, 0.25) is 0 Å². The number of aryl methyl sites for hydroxylation is 2. The topological polar surface area (TPSA) is 78.0 Å². The van der Waals surface area contributed by atoms with Crippen molar-refractivity contribution in [3.8, 4) is 0 Å². The molecular formula is C10H15F2N3O2. The maximum atomic E-state index is 12.7. The summed E-state index contributed by atoms with van der Waals surface area (Å²) in [6, 6.07) is 0. The van der Waals surface area contributed by atoms with Crippen LogP contribution in [0.15, 0.2) is 0 Å². The number of rotatable bonds is 5. The Morgan fingerprint density at radius 2 is 2.18 bits per heavy atom. The van der Waals surface area contributed by atoms with E-state index in [-0.39, 0.29) is 6.42 Å². The van der Waals surface area contributed by atoms with E-state index < -0.39 is 25.0 Å². The summed E-state index contributed by atoms with van der Waals surface area (Å²) in [4.78, 5) is 11.4. The van der Waals surface area contributed by atoms with Crippen LogP contribution in [0.3, 0.4) is 0 Å². The molecule has 7 heteroatoms. The van der Waals surface area contributed by atoms with Gasteiger partial charge in [0.15, 0.2) is 0 Å². The van der Waals surface area contributed by atoms with Crippen LogP contribution in [0.5, 0.6) is 0 Å². The Bertz CT molecular complexity index is 385. The smallest absolute Gasteiger partial charge is 0.287 e. The molecule has 1 aromatic heterocycles. The largest absolute Gasteiger partial charge is 0.390 e. The lowest BCUT2D eigenvalue weighted by Crippen LogP contribution is -2.39. The summed E-state index contributed by atoms with van der Waals surface area (Å²) in [7, 11) is 0. The first-order valence-electron chi connectivity index (χ1n) is 5.11. The quantitative estimate of drug-likeness (QED) is 0.701. The number of amides is 1. The fourth-order valence-corrected chi connectivity index (χ4v) is 1.34. The predicted octanol–water partition coefficient (Wildman–Crippen LogP) is 0.313. The molecular weight excluding hydrogens is 232 g/mol. The first kappa shape index (κ1) is 13.6. The van der Waals surface area contributed by atoms with Gasteiger partial charge in [-0.1, -0.05) is 0 Å². The first-order valence-corrected chi connectivity index (χ1v) is 5.11. The molecule has 1 rings (SSSR count). The molecule has 0 aliphatic rings. The van der Waals surface area contributed by atoms with Crippen LogP contribution in [0.4, 0.5) is 8.78 Å². The average molecular weight is 247 g/mol. The number of H-pyrrole nitrogens is 1. The number of carbonyl (C=O) groups is 1. The van der Waals surface area contributed by atoms with E-state index in [0.717, 1.165) is 5.69 Å². The third kappa shape index (κ3) is 3.77. The van der Waals surface area contributed by atoms with Crippen LogP contribution < -0.4 is 5.32 Å². The van der Waals surface area contributed by atoms with Gasteiger partial charge in [0, 0.05) is 11.3 Å². The number of alkyl halides is 2. The summed E-state index contributed by atoms with van der Waals surface area (Å²) >= 11 is 0. The van der Waals surface area contributed by atoms with Crippen molar-refractivity contribution in [2.75, 3.05) is 13.2 Å².